The Labute approximate surface area is 183 Å². The van der Waals surface area contributed by atoms with Crippen LogP contribution in [0.2, 0.25) is 0 Å². The number of nitrogens with one attached hydrogen (secondary N) is 1. The summed E-state index contributed by atoms with van der Waals surface area (Å²) in [6.45, 7) is 4.35. The third-order valence-electron chi connectivity index (χ3n) is 4.35. The van der Waals surface area contributed by atoms with Gasteiger partial charge in [-0.1, -0.05) is 0 Å². The lowest BCUT2D eigenvalue weighted by molar-refractivity contribution is -0.384. The van der Waals surface area contributed by atoms with Gasteiger partial charge in [0.15, 0.2) is 0 Å². The van der Waals surface area contributed by atoms with Crippen molar-refractivity contribution >= 4 is 28.7 Å². The number of aliphatic hydroxyl groups excluding tert-OH is 1. The molecular weight excluding hydrogens is 424 g/mol. The third kappa shape index (κ3) is 6.04. The number of nitrogens with two attached hydrogens (primary N) is 1. The molecule has 2 heterocycles. The Hall–Kier alpha value is -3.93. The largest absolute Gasteiger partial charge is 0.493 e. The zero-order chi connectivity index (χ0) is 23.8. The van der Waals surface area contributed by atoms with Gasteiger partial charge in [0.2, 0.25) is 5.91 Å². The quantitative estimate of drug-likeness (QED) is 0.361. The molecule has 2 aromatic carbocycles. The molecule has 0 radical (unpaired) electrons. The molecule has 12 nitrogen and oxygen atoms in total. The minimum Gasteiger partial charge on any atom is -0.493 e. The van der Waals surface area contributed by atoms with E-state index >= 15 is 0 Å². The minimum atomic E-state index is -0.534. The highest BCUT2D eigenvalue weighted by Crippen LogP contribution is 2.36. The molecule has 0 saturated carbocycles. The molecular formula is C20H24N4O8. The lowest BCUT2D eigenvalue weighted by atomic mass is 10.1. The summed E-state index contributed by atoms with van der Waals surface area (Å²) in [6.07, 6.45) is 1.48. The van der Waals surface area contributed by atoms with Crippen LogP contribution in [0.5, 0.6) is 11.5 Å². The van der Waals surface area contributed by atoms with Crippen LogP contribution < -0.4 is 20.5 Å². The number of hydrogen-bond donors (Lipinski definition) is 3. The number of fused-ring (bicyclic) bond motifs is 2. The van der Waals surface area contributed by atoms with Crippen molar-refractivity contribution in [2.24, 2.45) is 0 Å². The maximum atomic E-state index is 10.9. The Balaban J connectivity index is 0.000000206. The van der Waals surface area contributed by atoms with Crippen molar-refractivity contribution in [3.05, 3.63) is 55.6 Å². The standard InChI is InChI=1S/C10H10N2O4.C8H8N2O3.C2H6O/c1-6(13)11-8-4-7-2-3-16-10(7)5-9(8)12(14)15;9-6-3-5-1-2-13-8(5)4-7(6)10(11)12;1-2-3/h4-5H,2-3H2,1H3,(H,11,13);3-4H,1-2,9H2;3H,2H2,1H3. The lowest BCUT2D eigenvalue weighted by Gasteiger charge is -2.05. The molecule has 0 aliphatic carbocycles. The first kappa shape index (κ1) is 24.3. The van der Waals surface area contributed by atoms with E-state index in [0.29, 0.717) is 31.1 Å². The number of nitrogen functional groups attached to an aromatic ring is 1. The van der Waals surface area contributed by atoms with Crippen LogP contribution in [-0.2, 0) is 17.6 Å². The van der Waals surface area contributed by atoms with Crippen molar-refractivity contribution in [2.45, 2.75) is 26.7 Å². The average Bonchev–Trinajstić information content (AvgIpc) is 3.35. The van der Waals surface area contributed by atoms with Gasteiger partial charge in [-0.2, -0.15) is 0 Å². The fourth-order valence-electron chi connectivity index (χ4n) is 3.05. The Kier molecular flexibility index (Phi) is 8.30. The van der Waals surface area contributed by atoms with Crippen LogP contribution in [-0.4, -0.2) is 40.7 Å². The van der Waals surface area contributed by atoms with E-state index in [2.05, 4.69) is 5.32 Å². The molecule has 2 aliphatic rings. The van der Waals surface area contributed by atoms with Crippen molar-refractivity contribution in [1.29, 1.82) is 0 Å². The molecule has 4 N–H and O–H groups in total. The van der Waals surface area contributed by atoms with Crippen LogP contribution in [0.3, 0.4) is 0 Å². The molecule has 0 fully saturated rings. The molecule has 172 valence electrons. The highest BCUT2D eigenvalue weighted by molar-refractivity contribution is 5.91. The first-order chi connectivity index (χ1) is 15.2. The summed E-state index contributed by atoms with van der Waals surface area (Å²) in [4.78, 5) is 31.2. The smallest absolute Gasteiger partial charge is 0.296 e. The number of amides is 1. The van der Waals surface area contributed by atoms with Gasteiger partial charge < -0.3 is 25.6 Å². The molecule has 2 aliphatic heterocycles. The maximum Gasteiger partial charge on any atom is 0.296 e. The number of aliphatic hydroxyl groups is 1. The second kappa shape index (κ2) is 10.9. The monoisotopic (exact) mass is 448 g/mol. The van der Waals surface area contributed by atoms with Crippen molar-refractivity contribution in [1.82, 2.24) is 0 Å². The molecule has 4 rings (SSSR count). The van der Waals surface area contributed by atoms with E-state index < -0.39 is 9.85 Å². The number of ether oxygens (including phenoxy) is 2. The SMILES string of the molecule is CC(=O)Nc1cc2c(cc1[N+](=O)[O-])OCC2.CCO.Nc1cc2c(cc1[N+](=O)[O-])OCC2. The number of hydrogen-bond acceptors (Lipinski definition) is 9. The summed E-state index contributed by atoms with van der Waals surface area (Å²) in [5, 5.41) is 31.3. The van der Waals surface area contributed by atoms with Crippen LogP contribution >= 0.6 is 0 Å². The number of nitrogens with zero attached hydrogens (tertiary/aromatic N) is 2. The molecule has 12 heteroatoms. The van der Waals surface area contributed by atoms with Crippen molar-refractivity contribution in [2.75, 3.05) is 30.9 Å². The van der Waals surface area contributed by atoms with Crippen LogP contribution in [0.4, 0.5) is 22.7 Å². The van der Waals surface area contributed by atoms with Crippen LogP contribution in [0.25, 0.3) is 0 Å². The van der Waals surface area contributed by atoms with E-state index in [1.807, 2.05) is 0 Å². The summed E-state index contributed by atoms with van der Waals surface area (Å²) in [5.74, 6) is 0.781. The highest BCUT2D eigenvalue weighted by Gasteiger charge is 2.23. The third-order valence-corrected chi connectivity index (χ3v) is 4.35. The summed E-state index contributed by atoms with van der Waals surface area (Å²) < 4.78 is 10.4. The minimum absolute atomic E-state index is 0.0827. The summed E-state index contributed by atoms with van der Waals surface area (Å²) in [6, 6.07) is 5.95. The van der Waals surface area contributed by atoms with E-state index in [0.717, 1.165) is 17.5 Å². The predicted octanol–water partition coefficient (Wildman–Crippen LogP) is 2.60. The van der Waals surface area contributed by atoms with Crippen molar-refractivity contribution in [3.63, 3.8) is 0 Å². The van der Waals surface area contributed by atoms with Gasteiger partial charge in [-0.05, 0) is 19.1 Å². The Morgan fingerprint density at radius 1 is 1.03 bits per heavy atom. The van der Waals surface area contributed by atoms with Gasteiger partial charge in [0.25, 0.3) is 11.4 Å². The molecule has 0 saturated heterocycles. The van der Waals surface area contributed by atoms with Gasteiger partial charge in [0.1, 0.15) is 22.9 Å². The predicted molar refractivity (Wildman–Crippen MR) is 116 cm³/mol. The van der Waals surface area contributed by atoms with Gasteiger partial charge in [-0.25, -0.2) is 0 Å². The van der Waals surface area contributed by atoms with E-state index in [1.54, 1.807) is 19.1 Å². The first-order valence-electron chi connectivity index (χ1n) is 9.70. The van der Waals surface area contributed by atoms with Gasteiger partial charge in [-0.15, -0.1) is 0 Å². The number of nitro benzene ring substituents is 2. The zero-order valence-electron chi connectivity index (χ0n) is 17.6. The summed E-state index contributed by atoms with van der Waals surface area (Å²) >= 11 is 0. The number of carbonyl (C=O) groups is 1. The summed E-state index contributed by atoms with van der Waals surface area (Å²) in [7, 11) is 0. The second-order valence-corrected chi connectivity index (χ2v) is 6.70. The van der Waals surface area contributed by atoms with Crippen LogP contribution in [0.15, 0.2) is 24.3 Å². The van der Waals surface area contributed by atoms with E-state index in [-0.39, 0.29) is 35.3 Å². The topological polar surface area (TPSA) is 180 Å². The second-order valence-electron chi connectivity index (χ2n) is 6.70. The highest BCUT2D eigenvalue weighted by atomic mass is 16.6. The van der Waals surface area contributed by atoms with Gasteiger partial charge >= 0.3 is 0 Å². The van der Waals surface area contributed by atoms with Crippen molar-refractivity contribution in [3.8, 4) is 11.5 Å². The molecule has 0 aromatic heterocycles. The molecule has 0 unspecified atom stereocenters. The van der Waals surface area contributed by atoms with Crippen LogP contribution in [0.1, 0.15) is 25.0 Å². The zero-order valence-corrected chi connectivity index (χ0v) is 17.6. The number of rotatable bonds is 3. The van der Waals surface area contributed by atoms with Crippen molar-refractivity contribution < 1.29 is 29.2 Å². The number of anilines is 2. The molecule has 1 amide bonds. The van der Waals surface area contributed by atoms with E-state index in [4.69, 9.17) is 20.3 Å². The number of carbonyl (C=O) groups excluding carboxylic acids is 1. The molecule has 0 atom stereocenters. The molecule has 2 aromatic rings. The van der Waals surface area contributed by atoms with Crippen LogP contribution in [0, 0.1) is 20.2 Å². The molecule has 32 heavy (non-hydrogen) atoms. The Morgan fingerprint density at radius 2 is 1.50 bits per heavy atom. The average molecular weight is 448 g/mol. The Morgan fingerprint density at radius 3 is 1.97 bits per heavy atom. The molecule has 0 bridgehead atoms. The number of benzene rings is 2. The van der Waals surface area contributed by atoms with E-state index in [9.17, 15) is 25.0 Å². The first-order valence-corrected chi connectivity index (χ1v) is 9.70. The summed E-state index contributed by atoms with van der Waals surface area (Å²) in [5.41, 5.74) is 7.53. The Bertz CT molecular complexity index is 1030. The normalized spacial score (nSPS) is 12.5. The maximum absolute atomic E-state index is 10.9. The lowest BCUT2D eigenvalue weighted by Crippen LogP contribution is -2.08. The van der Waals surface area contributed by atoms with Gasteiger partial charge in [0.05, 0.1) is 35.2 Å². The fourth-order valence-corrected chi connectivity index (χ4v) is 3.05. The molecule has 0 spiro atoms. The number of nitro groups is 2. The van der Waals surface area contributed by atoms with E-state index in [1.165, 1.54) is 19.1 Å². The van der Waals surface area contributed by atoms with Gasteiger partial charge in [-0.3, -0.25) is 25.0 Å². The fraction of sp³-hybridized carbons (Fsp3) is 0.350. The van der Waals surface area contributed by atoms with Gasteiger partial charge in [0, 0.05) is 37.5 Å².